The number of rotatable bonds is 8. The Labute approximate surface area is 181 Å². The van der Waals surface area contributed by atoms with E-state index < -0.39 is 18.0 Å². The van der Waals surface area contributed by atoms with Crippen molar-refractivity contribution in [3.05, 3.63) is 69.1 Å². The molecular weight excluding hydrogens is 428 g/mol. The van der Waals surface area contributed by atoms with E-state index in [9.17, 15) is 9.59 Å². The smallest absolute Gasteiger partial charge is 0.319 e. The van der Waals surface area contributed by atoms with Gasteiger partial charge in [-0.1, -0.05) is 35.1 Å². The molecule has 2 aromatic carbocycles. The molecule has 1 aromatic heterocycles. The van der Waals surface area contributed by atoms with Gasteiger partial charge in [0.15, 0.2) is 0 Å². The van der Waals surface area contributed by atoms with Crippen LogP contribution in [0.5, 0.6) is 5.75 Å². The minimum atomic E-state index is -0.988. The number of carbonyl (C=O) groups excluding carboxylic acids is 1. The number of amides is 2. The maximum atomic E-state index is 12.5. The maximum absolute atomic E-state index is 12.5. The summed E-state index contributed by atoms with van der Waals surface area (Å²) in [6, 6.07) is 13.3. The number of ether oxygens (including phenoxy) is 1. The van der Waals surface area contributed by atoms with Crippen molar-refractivity contribution in [2.75, 3.05) is 12.4 Å². The summed E-state index contributed by atoms with van der Waals surface area (Å²) in [7, 11) is 1.59. The molecule has 0 saturated heterocycles. The zero-order chi connectivity index (χ0) is 21.5. The minimum Gasteiger partial charge on any atom is -0.497 e. The predicted octanol–water partition coefficient (Wildman–Crippen LogP) is 3.93. The molecule has 0 radical (unpaired) electrons. The highest BCUT2D eigenvalue weighted by molar-refractivity contribution is 7.11. The Kier molecular flexibility index (Phi) is 7.21. The normalized spacial score (nSPS) is 11.5. The number of carboxylic acids is 1. The second-order valence-corrected chi connectivity index (χ2v) is 7.84. The van der Waals surface area contributed by atoms with Crippen molar-refractivity contribution in [2.45, 2.75) is 18.9 Å². The molecule has 0 saturated carbocycles. The zero-order valence-electron chi connectivity index (χ0n) is 16.0. The first-order valence-electron chi connectivity index (χ1n) is 8.93. The van der Waals surface area contributed by atoms with Crippen LogP contribution in [0.2, 0.25) is 5.02 Å². The molecule has 0 spiro atoms. The van der Waals surface area contributed by atoms with E-state index in [0.717, 1.165) is 22.6 Å². The second-order valence-electron chi connectivity index (χ2n) is 6.31. The van der Waals surface area contributed by atoms with Crippen LogP contribution in [0.4, 0.5) is 10.5 Å². The molecule has 0 aliphatic heterocycles. The van der Waals surface area contributed by atoms with E-state index in [4.69, 9.17) is 21.4 Å². The first-order chi connectivity index (χ1) is 14.4. The number of anilines is 1. The van der Waals surface area contributed by atoms with Gasteiger partial charge in [0.25, 0.3) is 0 Å². The number of methoxy groups -OCH3 is 1. The van der Waals surface area contributed by atoms with Gasteiger partial charge in [-0.15, -0.1) is 10.2 Å². The molecule has 0 unspecified atom stereocenters. The van der Waals surface area contributed by atoms with Crippen molar-refractivity contribution in [3.63, 3.8) is 0 Å². The van der Waals surface area contributed by atoms with Gasteiger partial charge in [-0.3, -0.25) is 4.79 Å². The topological polar surface area (TPSA) is 113 Å². The lowest BCUT2D eigenvalue weighted by Crippen LogP contribution is -2.33. The lowest BCUT2D eigenvalue weighted by molar-refractivity contribution is -0.136. The number of nitrogens with zero attached hydrogens (tertiary/aromatic N) is 2. The molecule has 3 aromatic rings. The third-order valence-corrected chi connectivity index (χ3v) is 5.38. The van der Waals surface area contributed by atoms with Gasteiger partial charge in [0.2, 0.25) is 0 Å². The van der Waals surface area contributed by atoms with Crippen molar-refractivity contribution < 1.29 is 19.4 Å². The van der Waals surface area contributed by atoms with E-state index >= 15 is 0 Å². The molecular formula is C20H19ClN4O4S. The molecule has 0 fully saturated rings. The van der Waals surface area contributed by atoms with Gasteiger partial charge >= 0.3 is 12.0 Å². The highest BCUT2D eigenvalue weighted by Crippen LogP contribution is 2.24. The molecule has 2 amide bonds. The zero-order valence-corrected chi connectivity index (χ0v) is 17.5. The van der Waals surface area contributed by atoms with Gasteiger partial charge in [-0.2, -0.15) is 0 Å². The number of aromatic nitrogens is 2. The Bertz CT molecular complexity index is 1010. The third-order valence-electron chi connectivity index (χ3n) is 4.09. The van der Waals surface area contributed by atoms with Crippen molar-refractivity contribution in [1.82, 2.24) is 15.5 Å². The van der Waals surface area contributed by atoms with Crippen LogP contribution in [0.1, 0.15) is 21.6 Å². The number of carbonyl (C=O) groups is 2. The van der Waals surface area contributed by atoms with Crippen LogP contribution in [0, 0.1) is 0 Å². The van der Waals surface area contributed by atoms with Gasteiger partial charge < -0.3 is 20.5 Å². The average molecular weight is 447 g/mol. The fourth-order valence-corrected chi connectivity index (χ4v) is 3.68. The van der Waals surface area contributed by atoms with Crippen molar-refractivity contribution in [1.29, 1.82) is 0 Å². The first-order valence-corrected chi connectivity index (χ1v) is 10.1. The predicted molar refractivity (Wildman–Crippen MR) is 114 cm³/mol. The van der Waals surface area contributed by atoms with Crippen molar-refractivity contribution >= 4 is 40.6 Å². The van der Waals surface area contributed by atoms with Crippen LogP contribution < -0.4 is 15.4 Å². The van der Waals surface area contributed by atoms with Gasteiger partial charge in [-0.25, -0.2) is 4.79 Å². The van der Waals surface area contributed by atoms with Crippen molar-refractivity contribution in [2.24, 2.45) is 0 Å². The lowest BCUT2D eigenvalue weighted by atomic mass is 10.1. The molecule has 0 aliphatic rings. The van der Waals surface area contributed by atoms with Crippen LogP contribution in [-0.2, 0) is 17.6 Å². The number of halogens is 1. The van der Waals surface area contributed by atoms with Crippen LogP contribution >= 0.6 is 22.9 Å². The van der Waals surface area contributed by atoms with E-state index in [2.05, 4.69) is 20.8 Å². The summed E-state index contributed by atoms with van der Waals surface area (Å²) in [6.45, 7) is 0. The van der Waals surface area contributed by atoms with Gasteiger partial charge in [0.05, 0.1) is 19.6 Å². The Morgan fingerprint density at radius 3 is 2.47 bits per heavy atom. The molecule has 8 nitrogen and oxygen atoms in total. The average Bonchev–Trinajstić information content (AvgIpc) is 3.17. The summed E-state index contributed by atoms with van der Waals surface area (Å²) in [5.74, 6) is -0.263. The van der Waals surface area contributed by atoms with Gasteiger partial charge in [-0.05, 0) is 48.4 Å². The van der Waals surface area contributed by atoms with Crippen LogP contribution in [0.3, 0.4) is 0 Å². The van der Waals surface area contributed by atoms with Crippen molar-refractivity contribution in [3.8, 4) is 5.75 Å². The number of aliphatic carboxylic acids is 1. The number of benzene rings is 2. The Morgan fingerprint density at radius 2 is 1.83 bits per heavy atom. The second kappa shape index (κ2) is 10.0. The number of hydrogen-bond donors (Lipinski definition) is 3. The fourth-order valence-electron chi connectivity index (χ4n) is 2.66. The van der Waals surface area contributed by atoms with E-state index in [1.165, 1.54) is 0 Å². The molecule has 0 bridgehead atoms. The molecule has 10 heteroatoms. The van der Waals surface area contributed by atoms with E-state index in [1.54, 1.807) is 31.4 Å². The van der Waals surface area contributed by atoms with Gasteiger partial charge in [0.1, 0.15) is 15.8 Å². The summed E-state index contributed by atoms with van der Waals surface area (Å²) >= 11 is 7.03. The fraction of sp³-hybridized carbons (Fsp3) is 0.200. The van der Waals surface area contributed by atoms with E-state index in [1.807, 2.05) is 24.3 Å². The Balaban J connectivity index is 1.76. The molecule has 1 atom stereocenters. The summed E-state index contributed by atoms with van der Waals surface area (Å²) in [5, 5.41) is 24.1. The van der Waals surface area contributed by atoms with E-state index in [-0.39, 0.29) is 6.42 Å². The molecule has 30 heavy (non-hydrogen) atoms. The standard InChI is InChI=1S/C20H19ClN4O4S/c1-29-15-8-2-12(3-9-15)10-16(19-25-24-17(30-19)11-18(26)27)23-20(28)22-14-6-4-13(21)5-7-14/h2-9,16H,10-11H2,1H3,(H,26,27)(H2,22,23,28)/t16-/m0/s1. The Morgan fingerprint density at radius 1 is 1.13 bits per heavy atom. The van der Waals surface area contributed by atoms with Crippen LogP contribution in [0.15, 0.2) is 48.5 Å². The SMILES string of the molecule is COc1ccc(C[C@H](NC(=O)Nc2ccc(Cl)cc2)c2nnc(CC(=O)O)s2)cc1. The van der Waals surface area contributed by atoms with Gasteiger partial charge in [0, 0.05) is 10.7 Å². The van der Waals surface area contributed by atoms with E-state index in [0.29, 0.717) is 27.1 Å². The number of carboxylic acid groups (broad SMARTS) is 1. The summed E-state index contributed by atoms with van der Waals surface area (Å²) in [5.41, 5.74) is 1.53. The third kappa shape index (κ3) is 6.16. The Hall–Kier alpha value is -3.17. The molecule has 156 valence electrons. The number of nitrogens with one attached hydrogen (secondary N) is 2. The molecule has 1 heterocycles. The first kappa shape index (κ1) is 21.5. The number of urea groups is 1. The monoisotopic (exact) mass is 446 g/mol. The maximum Gasteiger partial charge on any atom is 0.319 e. The van der Waals surface area contributed by atoms with Crippen LogP contribution in [-0.4, -0.2) is 34.4 Å². The molecule has 0 aliphatic carbocycles. The lowest BCUT2D eigenvalue weighted by Gasteiger charge is -2.17. The quantitative estimate of drug-likeness (QED) is 0.483. The summed E-state index contributed by atoms with van der Waals surface area (Å²) in [4.78, 5) is 23.5. The number of hydrogen-bond acceptors (Lipinski definition) is 6. The van der Waals surface area contributed by atoms with Crippen LogP contribution in [0.25, 0.3) is 0 Å². The molecule has 3 rings (SSSR count). The highest BCUT2D eigenvalue weighted by Gasteiger charge is 2.21. The summed E-state index contributed by atoms with van der Waals surface area (Å²) in [6.07, 6.45) is 0.226. The molecule has 3 N–H and O–H groups in total. The largest absolute Gasteiger partial charge is 0.497 e. The highest BCUT2D eigenvalue weighted by atomic mass is 35.5. The minimum absolute atomic E-state index is 0.218. The summed E-state index contributed by atoms with van der Waals surface area (Å²) < 4.78 is 5.17.